The second-order valence-corrected chi connectivity index (χ2v) is 10.1. The molecule has 2 aliphatic heterocycles. The van der Waals surface area contributed by atoms with E-state index in [1.54, 1.807) is 30.2 Å². The van der Waals surface area contributed by atoms with Crippen LogP contribution in [0.5, 0.6) is 11.5 Å². The number of halogens is 4. The summed E-state index contributed by atoms with van der Waals surface area (Å²) < 4.78 is 67.6. The third-order valence-electron chi connectivity index (χ3n) is 7.45. The predicted molar refractivity (Wildman–Crippen MR) is 139 cm³/mol. The van der Waals surface area contributed by atoms with Crippen LogP contribution in [0.4, 0.5) is 28.9 Å². The molecule has 39 heavy (non-hydrogen) atoms. The SMILES string of the molecule is COc1ccc(CN2C(=O)CCc3c(OCC4(N)CCN(c5cc(F)c(F)cc5F)CC4)ccc(F)c32)cc1. The van der Waals surface area contributed by atoms with Crippen LogP contribution in [-0.4, -0.2) is 38.3 Å². The standard InChI is InChI=1S/C29H29F4N3O3/c1-38-19-4-2-18(3-5-19)16-36-27(37)9-6-20-26(8-7-21(30)28(20)36)39-17-29(34)10-12-35(13-11-29)25-15-23(32)22(31)14-24(25)33/h2-5,7-8,14-15H,6,9-13,16-17,34H2,1H3. The predicted octanol–water partition coefficient (Wildman–Crippen LogP) is 5.11. The molecule has 0 bridgehead atoms. The minimum absolute atomic E-state index is 0.00825. The molecule has 10 heteroatoms. The zero-order valence-corrected chi connectivity index (χ0v) is 21.5. The highest BCUT2D eigenvalue weighted by Gasteiger charge is 2.34. The van der Waals surface area contributed by atoms with E-state index >= 15 is 4.39 Å². The average Bonchev–Trinajstić information content (AvgIpc) is 2.93. The molecule has 0 spiro atoms. The summed E-state index contributed by atoms with van der Waals surface area (Å²) >= 11 is 0. The summed E-state index contributed by atoms with van der Waals surface area (Å²) in [5.74, 6) is -2.73. The molecule has 206 valence electrons. The van der Waals surface area contributed by atoms with Crippen molar-refractivity contribution in [3.05, 3.63) is 82.9 Å². The summed E-state index contributed by atoms with van der Waals surface area (Å²) in [7, 11) is 1.57. The number of carbonyl (C=O) groups is 1. The van der Waals surface area contributed by atoms with Crippen LogP contribution in [0.1, 0.15) is 30.4 Å². The summed E-state index contributed by atoms with van der Waals surface area (Å²) in [4.78, 5) is 15.9. The van der Waals surface area contributed by atoms with E-state index in [-0.39, 0.29) is 36.9 Å². The summed E-state index contributed by atoms with van der Waals surface area (Å²) in [5, 5.41) is 0. The topological polar surface area (TPSA) is 68.0 Å². The van der Waals surface area contributed by atoms with Gasteiger partial charge in [-0.05, 0) is 49.1 Å². The first-order valence-electron chi connectivity index (χ1n) is 12.7. The summed E-state index contributed by atoms with van der Waals surface area (Å²) in [6, 6.07) is 11.5. The van der Waals surface area contributed by atoms with Crippen LogP contribution in [0.3, 0.4) is 0 Å². The fraction of sp³-hybridized carbons (Fsp3) is 0.345. The van der Waals surface area contributed by atoms with Crippen LogP contribution < -0.4 is 25.0 Å². The van der Waals surface area contributed by atoms with Crippen LogP contribution in [-0.2, 0) is 17.8 Å². The van der Waals surface area contributed by atoms with Gasteiger partial charge in [0.05, 0.1) is 30.6 Å². The van der Waals surface area contributed by atoms with Gasteiger partial charge in [0, 0.05) is 37.2 Å². The number of methoxy groups -OCH3 is 1. The van der Waals surface area contributed by atoms with Gasteiger partial charge in [0.25, 0.3) is 0 Å². The van der Waals surface area contributed by atoms with Gasteiger partial charge in [-0.1, -0.05) is 12.1 Å². The van der Waals surface area contributed by atoms with Crippen molar-refractivity contribution >= 4 is 17.3 Å². The molecule has 1 saturated heterocycles. The molecule has 6 nitrogen and oxygen atoms in total. The molecule has 3 aromatic carbocycles. The van der Waals surface area contributed by atoms with Crippen molar-refractivity contribution in [1.82, 2.24) is 0 Å². The zero-order valence-electron chi connectivity index (χ0n) is 21.5. The van der Waals surface area contributed by atoms with Gasteiger partial charge in [0.2, 0.25) is 5.91 Å². The summed E-state index contributed by atoms with van der Waals surface area (Å²) in [6.45, 7) is 0.972. The van der Waals surface area contributed by atoms with Crippen molar-refractivity contribution in [2.24, 2.45) is 5.73 Å². The fourth-order valence-corrected chi connectivity index (χ4v) is 5.14. The van der Waals surface area contributed by atoms with Gasteiger partial charge in [-0.3, -0.25) is 4.79 Å². The molecule has 0 aliphatic carbocycles. The largest absolute Gasteiger partial charge is 0.497 e. The molecule has 0 aromatic heterocycles. The minimum atomic E-state index is -1.23. The molecule has 1 amide bonds. The van der Waals surface area contributed by atoms with Crippen molar-refractivity contribution in [3.63, 3.8) is 0 Å². The Morgan fingerprint density at radius 3 is 2.28 bits per heavy atom. The first-order valence-corrected chi connectivity index (χ1v) is 12.7. The van der Waals surface area contributed by atoms with Gasteiger partial charge in [-0.15, -0.1) is 0 Å². The Morgan fingerprint density at radius 1 is 0.897 bits per heavy atom. The summed E-state index contributed by atoms with van der Waals surface area (Å²) in [6.07, 6.45) is 1.38. The third-order valence-corrected chi connectivity index (χ3v) is 7.45. The Kier molecular flexibility index (Phi) is 7.40. The number of carbonyl (C=O) groups excluding carboxylic acids is 1. The Balaban J connectivity index is 1.29. The third kappa shape index (κ3) is 5.52. The smallest absolute Gasteiger partial charge is 0.227 e. The van der Waals surface area contributed by atoms with Crippen molar-refractivity contribution in [2.75, 3.05) is 36.6 Å². The number of anilines is 2. The number of hydrogen-bond donors (Lipinski definition) is 1. The lowest BCUT2D eigenvalue weighted by atomic mass is 9.89. The Morgan fingerprint density at radius 2 is 1.59 bits per heavy atom. The number of amides is 1. The van der Waals surface area contributed by atoms with Crippen LogP contribution in [0.25, 0.3) is 0 Å². The summed E-state index contributed by atoms with van der Waals surface area (Å²) in [5.41, 5.74) is 7.45. The lowest BCUT2D eigenvalue weighted by molar-refractivity contribution is -0.119. The van der Waals surface area contributed by atoms with Gasteiger partial charge in [-0.2, -0.15) is 0 Å². The van der Waals surface area contributed by atoms with Gasteiger partial charge < -0.3 is 25.0 Å². The van der Waals surface area contributed by atoms with E-state index in [1.165, 1.54) is 11.0 Å². The number of hydrogen-bond acceptors (Lipinski definition) is 5. The van der Waals surface area contributed by atoms with Gasteiger partial charge >= 0.3 is 0 Å². The molecule has 2 aliphatic rings. The highest BCUT2D eigenvalue weighted by atomic mass is 19.2. The van der Waals surface area contributed by atoms with E-state index < -0.39 is 28.8 Å². The van der Waals surface area contributed by atoms with E-state index in [9.17, 15) is 18.0 Å². The molecule has 0 unspecified atom stereocenters. The highest BCUT2D eigenvalue weighted by molar-refractivity contribution is 5.97. The number of nitrogens with two attached hydrogens (primary N) is 1. The molecule has 3 aromatic rings. The van der Waals surface area contributed by atoms with Crippen LogP contribution >= 0.6 is 0 Å². The lowest BCUT2D eigenvalue weighted by Gasteiger charge is -2.40. The van der Waals surface area contributed by atoms with Crippen molar-refractivity contribution in [2.45, 2.75) is 37.8 Å². The molecule has 0 saturated carbocycles. The maximum atomic E-state index is 15.1. The van der Waals surface area contributed by atoms with E-state index in [4.69, 9.17) is 15.2 Å². The van der Waals surface area contributed by atoms with Crippen LogP contribution in [0.2, 0.25) is 0 Å². The van der Waals surface area contributed by atoms with Crippen molar-refractivity contribution in [1.29, 1.82) is 0 Å². The molecule has 2 heterocycles. The number of ether oxygens (including phenoxy) is 2. The Bertz CT molecular complexity index is 1380. The molecule has 2 N–H and O–H groups in total. The van der Waals surface area contributed by atoms with Crippen LogP contribution in [0, 0.1) is 23.3 Å². The number of nitrogens with zero attached hydrogens (tertiary/aromatic N) is 2. The number of rotatable bonds is 7. The molecule has 5 rings (SSSR count). The zero-order chi connectivity index (χ0) is 27.7. The average molecular weight is 544 g/mol. The van der Waals surface area contributed by atoms with Gasteiger partial charge in [-0.25, -0.2) is 17.6 Å². The molecule has 1 fully saturated rings. The van der Waals surface area contributed by atoms with Crippen molar-refractivity contribution < 1.29 is 31.8 Å². The Hall–Kier alpha value is -3.79. The van der Waals surface area contributed by atoms with Crippen LogP contribution in [0.15, 0.2) is 48.5 Å². The number of piperidine rings is 1. The maximum Gasteiger partial charge on any atom is 0.227 e. The first kappa shape index (κ1) is 26.8. The van der Waals surface area contributed by atoms with E-state index in [2.05, 4.69) is 0 Å². The second-order valence-electron chi connectivity index (χ2n) is 10.1. The highest BCUT2D eigenvalue weighted by Crippen LogP contribution is 2.39. The molecule has 0 radical (unpaired) electrons. The molecular formula is C29H29F4N3O3. The van der Waals surface area contributed by atoms with Gasteiger partial charge in [0.15, 0.2) is 11.6 Å². The minimum Gasteiger partial charge on any atom is -0.497 e. The van der Waals surface area contributed by atoms with E-state index in [1.807, 2.05) is 12.1 Å². The van der Waals surface area contributed by atoms with Crippen molar-refractivity contribution in [3.8, 4) is 11.5 Å². The number of benzene rings is 3. The normalized spacial score (nSPS) is 16.7. The quantitative estimate of drug-likeness (QED) is 0.332. The first-order chi connectivity index (χ1) is 18.7. The fourth-order valence-electron chi connectivity index (χ4n) is 5.14. The Labute approximate surface area is 223 Å². The van der Waals surface area contributed by atoms with E-state index in [0.29, 0.717) is 55.5 Å². The van der Waals surface area contributed by atoms with Gasteiger partial charge in [0.1, 0.15) is 29.7 Å². The molecular weight excluding hydrogens is 514 g/mol. The monoisotopic (exact) mass is 543 g/mol. The maximum absolute atomic E-state index is 15.1. The molecule has 0 atom stereocenters. The lowest BCUT2D eigenvalue weighted by Crippen LogP contribution is -2.54. The second kappa shape index (κ2) is 10.8. The van der Waals surface area contributed by atoms with E-state index in [0.717, 1.165) is 11.6 Å². The number of fused-ring (bicyclic) bond motifs is 1.